The third-order valence-electron chi connectivity index (χ3n) is 9.56. The minimum absolute atomic E-state index is 0.0845. The fraction of sp³-hybridized carbons (Fsp3) is 0.771. The van der Waals surface area contributed by atoms with Gasteiger partial charge in [0, 0.05) is 13.0 Å². The minimum atomic E-state index is -4.28. The fourth-order valence-electron chi connectivity index (χ4n) is 5.99. The first-order valence-electron chi connectivity index (χ1n) is 23.0. The summed E-state index contributed by atoms with van der Waals surface area (Å²) in [6.45, 7) is 5.45. The summed E-state index contributed by atoms with van der Waals surface area (Å²) in [4.78, 5) is 22.9. The van der Waals surface area contributed by atoms with E-state index in [1.807, 2.05) is 21.1 Å². The van der Waals surface area contributed by atoms with Gasteiger partial charge >= 0.3 is 13.8 Å². The zero-order valence-electron chi connectivity index (χ0n) is 37.6. The van der Waals surface area contributed by atoms with Crippen molar-refractivity contribution in [1.29, 1.82) is 0 Å². The van der Waals surface area contributed by atoms with Gasteiger partial charge < -0.3 is 18.9 Å². The summed E-state index contributed by atoms with van der Waals surface area (Å²) < 4.78 is 35.0. The predicted octanol–water partition coefficient (Wildman–Crippen LogP) is 13.7. The van der Waals surface area contributed by atoms with E-state index >= 15 is 0 Å². The van der Waals surface area contributed by atoms with Crippen LogP contribution in [0.2, 0.25) is 0 Å². The molecule has 57 heavy (non-hydrogen) atoms. The van der Waals surface area contributed by atoms with Crippen LogP contribution in [0.3, 0.4) is 0 Å². The standard InChI is InChI=1S/C48H88NO7P/c1-6-8-10-12-14-16-18-20-21-22-23-24-25-26-27-28-29-30-31-33-35-37-39-41-48(50)56-47(46-55-57(51,52)54-44-42-49(3,4)5)45-53-43-40-38-36-34-32-19-17-15-13-11-9-7-2/h8,10,13-16,20-21,23-24,47H,6-7,9,11-12,17-19,22,25-46H2,1-5H3/p+1/b10-8-,15-13-,16-14-,21-20-,24-23-. The van der Waals surface area contributed by atoms with Crippen LogP contribution in [-0.2, 0) is 27.9 Å². The summed E-state index contributed by atoms with van der Waals surface area (Å²) in [6.07, 6.45) is 51.1. The van der Waals surface area contributed by atoms with E-state index in [2.05, 4.69) is 74.6 Å². The van der Waals surface area contributed by atoms with Gasteiger partial charge in [-0.2, -0.15) is 0 Å². The van der Waals surface area contributed by atoms with Crippen LogP contribution >= 0.6 is 7.82 Å². The maximum Gasteiger partial charge on any atom is 0.472 e. The molecule has 0 rings (SSSR count). The molecule has 0 spiro atoms. The van der Waals surface area contributed by atoms with E-state index in [4.69, 9.17) is 18.5 Å². The summed E-state index contributed by atoms with van der Waals surface area (Å²) in [5.41, 5.74) is 0. The molecule has 2 atom stereocenters. The lowest BCUT2D eigenvalue weighted by molar-refractivity contribution is -0.870. The molecule has 0 aromatic carbocycles. The minimum Gasteiger partial charge on any atom is -0.457 e. The number of carbonyl (C=O) groups is 1. The Morgan fingerprint density at radius 3 is 1.54 bits per heavy atom. The molecule has 332 valence electrons. The highest BCUT2D eigenvalue weighted by molar-refractivity contribution is 7.47. The zero-order chi connectivity index (χ0) is 42.0. The number of allylic oxidation sites excluding steroid dienone is 10. The number of phosphoric ester groups is 1. The molecule has 0 fully saturated rings. The molecule has 0 aromatic heterocycles. The first kappa shape index (κ1) is 55.2. The number of quaternary nitrogens is 1. The van der Waals surface area contributed by atoms with E-state index in [9.17, 15) is 14.3 Å². The number of nitrogens with zero attached hydrogens (tertiary/aromatic N) is 1. The van der Waals surface area contributed by atoms with E-state index in [-0.39, 0.29) is 25.8 Å². The Morgan fingerprint density at radius 1 is 0.561 bits per heavy atom. The molecule has 2 unspecified atom stereocenters. The summed E-state index contributed by atoms with van der Waals surface area (Å²) in [5, 5.41) is 0. The molecule has 0 saturated heterocycles. The summed E-state index contributed by atoms with van der Waals surface area (Å²) in [6, 6.07) is 0. The first-order valence-corrected chi connectivity index (χ1v) is 24.5. The Labute approximate surface area is 351 Å². The topological polar surface area (TPSA) is 91.3 Å². The Morgan fingerprint density at radius 2 is 1.02 bits per heavy atom. The second-order valence-corrected chi connectivity index (χ2v) is 17.9. The Bertz CT molecular complexity index is 1090. The molecule has 9 heteroatoms. The third-order valence-corrected chi connectivity index (χ3v) is 10.5. The van der Waals surface area contributed by atoms with Crippen molar-refractivity contribution in [3.05, 3.63) is 60.8 Å². The SMILES string of the molecule is CC/C=C\C/C=C\C/C=C\C/C=C\CCCCCCCCCCCCC(=O)OC(COCCCCCCCC/C=C\CCCC)COP(=O)(O)OCC[N+](C)(C)C. The van der Waals surface area contributed by atoms with Gasteiger partial charge in [0.05, 0.1) is 34.4 Å². The lowest BCUT2D eigenvalue weighted by Crippen LogP contribution is -2.37. The third kappa shape index (κ3) is 45.1. The van der Waals surface area contributed by atoms with E-state index < -0.39 is 13.9 Å². The van der Waals surface area contributed by atoms with Crippen LogP contribution in [0.4, 0.5) is 0 Å². The maximum atomic E-state index is 12.7. The van der Waals surface area contributed by atoms with Crippen LogP contribution in [0, 0.1) is 0 Å². The van der Waals surface area contributed by atoms with E-state index in [1.54, 1.807) is 0 Å². The van der Waals surface area contributed by atoms with Gasteiger partial charge in [-0.3, -0.25) is 13.8 Å². The normalized spacial score (nSPS) is 14.3. The quantitative estimate of drug-likeness (QED) is 0.0215. The molecule has 8 nitrogen and oxygen atoms in total. The lowest BCUT2D eigenvalue weighted by Gasteiger charge is -2.24. The summed E-state index contributed by atoms with van der Waals surface area (Å²) in [5.74, 6) is -0.323. The molecule has 0 heterocycles. The fourth-order valence-corrected chi connectivity index (χ4v) is 6.74. The van der Waals surface area contributed by atoms with Gasteiger partial charge in [-0.15, -0.1) is 0 Å². The molecule has 0 bridgehead atoms. The van der Waals surface area contributed by atoms with Gasteiger partial charge in [-0.1, -0.05) is 164 Å². The second-order valence-electron chi connectivity index (χ2n) is 16.4. The van der Waals surface area contributed by atoms with Gasteiger partial charge in [-0.05, 0) is 70.6 Å². The molecule has 0 aliphatic heterocycles. The Balaban J connectivity index is 4.16. The predicted molar refractivity (Wildman–Crippen MR) is 242 cm³/mol. The molecule has 0 amide bonds. The summed E-state index contributed by atoms with van der Waals surface area (Å²) >= 11 is 0. The number of esters is 1. The van der Waals surface area contributed by atoms with Crippen molar-refractivity contribution in [3.63, 3.8) is 0 Å². The average molecular weight is 823 g/mol. The Hall–Kier alpha value is -1.80. The number of hydrogen-bond donors (Lipinski definition) is 1. The van der Waals surface area contributed by atoms with Crippen molar-refractivity contribution >= 4 is 13.8 Å². The number of phosphoric acid groups is 1. The van der Waals surface area contributed by atoms with Crippen molar-refractivity contribution in [2.75, 3.05) is 54.1 Å². The second kappa shape index (κ2) is 41.0. The molecule has 0 aliphatic rings. The average Bonchev–Trinajstić information content (AvgIpc) is 3.16. The van der Waals surface area contributed by atoms with Crippen LogP contribution in [0.15, 0.2) is 60.8 Å². The van der Waals surface area contributed by atoms with Gasteiger partial charge in [0.25, 0.3) is 0 Å². The van der Waals surface area contributed by atoms with Crippen LogP contribution in [0.5, 0.6) is 0 Å². The highest BCUT2D eigenvalue weighted by Crippen LogP contribution is 2.43. The van der Waals surface area contributed by atoms with Crippen molar-refractivity contribution < 1.29 is 37.3 Å². The number of unbranched alkanes of at least 4 members (excludes halogenated alkanes) is 18. The Kier molecular flexibility index (Phi) is 39.7. The first-order chi connectivity index (χ1) is 27.6. The van der Waals surface area contributed by atoms with Gasteiger partial charge in [0.2, 0.25) is 0 Å². The maximum absolute atomic E-state index is 12.7. The van der Waals surface area contributed by atoms with Crippen molar-refractivity contribution in [1.82, 2.24) is 0 Å². The van der Waals surface area contributed by atoms with Crippen LogP contribution in [0.1, 0.15) is 181 Å². The molecule has 1 N–H and O–H groups in total. The van der Waals surface area contributed by atoms with Gasteiger partial charge in [-0.25, -0.2) is 4.57 Å². The number of likely N-dealkylation sites (N-methyl/N-ethyl adjacent to an activating group) is 1. The van der Waals surface area contributed by atoms with E-state index in [0.717, 1.165) is 57.8 Å². The van der Waals surface area contributed by atoms with Crippen molar-refractivity contribution in [2.45, 2.75) is 187 Å². The van der Waals surface area contributed by atoms with Crippen molar-refractivity contribution in [2.24, 2.45) is 0 Å². The highest BCUT2D eigenvalue weighted by atomic mass is 31.2. The van der Waals surface area contributed by atoms with E-state index in [0.29, 0.717) is 24.1 Å². The van der Waals surface area contributed by atoms with Gasteiger partial charge in [0.1, 0.15) is 19.3 Å². The van der Waals surface area contributed by atoms with Crippen molar-refractivity contribution in [3.8, 4) is 0 Å². The molecular formula is C48H89NO7P+. The van der Waals surface area contributed by atoms with Crippen LogP contribution < -0.4 is 0 Å². The number of hydrogen-bond acceptors (Lipinski definition) is 6. The molecule has 0 aromatic rings. The molecule has 0 radical (unpaired) electrons. The molecule has 0 saturated carbocycles. The highest BCUT2D eigenvalue weighted by Gasteiger charge is 2.26. The monoisotopic (exact) mass is 823 g/mol. The van der Waals surface area contributed by atoms with Crippen LogP contribution in [0.25, 0.3) is 0 Å². The number of rotatable bonds is 42. The summed E-state index contributed by atoms with van der Waals surface area (Å²) in [7, 11) is 1.65. The number of carbonyl (C=O) groups excluding carboxylic acids is 1. The lowest BCUT2D eigenvalue weighted by atomic mass is 10.0. The smallest absolute Gasteiger partial charge is 0.457 e. The molecular weight excluding hydrogens is 734 g/mol. The number of ether oxygens (including phenoxy) is 2. The van der Waals surface area contributed by atoms with E-state index in [1.165, 1.54) is 103 Å². The molecule has 0 aliphatic carbocycles. The van der Waals surface area contributed by atoms with Gasteiger partial charge in [0.15, 0.2) is 0 Å². The largest absolute Gasteiger partial charge is 0.472 e. The van der Waals surface area contributed by atoms with Crippen LogP contribution in [-0.4, -0.2) is 75.6 Å². The zero-order valence-corrected chi connectivity index (χ0v) is 38.5.